The van der Waals surface area contributed by atoms with E-state index in [0.29, 0.717) is 32.0 Å². The van der Waals surface area contributed by atoms with Crippen LogP contribution in [0, 0.1) is 0 Å². The first-order chi connectivity index (χ1) is 8.46. The van der Waals surface area contributed by atoms with Gasteiger partial charge in [-0.25, -0.2) is 0 Å². The Morgan fingerprint density at radius 2 is 1.89 bits per heavy atom. The van der Waals surface area contributed by atoms with Gasteiger partial charge in [0.25, 0.3) is 0 Å². The molecule has 0 unspecified atom stereocenters. The number of nitrogens with two attached hydrogens (primary N) is 1. The maximum absolute atomic E-state index is 12.3. The van der Waals surface area contributed by atoms with Gasteiger partial charge >= 0.3 is 6.36 Å². The molecule has 4 nitrogen and oxygen atoms in total. The second-order valence-corrected chi connectivity index (χ2v) is 3.87. The Hall–Kier alpha value is -1.63. The van der Waals surface area contributed by atoms with Crippen LogP contribution in [0.4, 0.5) is 24.5 Å². The number of alkyl halides is 3. The maximum atomic E-state index is 12.3. The van der Waals surface area contributed by atoms with E-state index in [9.17, 15) is 13.2 Å². The molecule has 1 heterocycles. The first-order valence-corrected chi connectivity index (χ1v) is 5.44. The predicted octanol–water partition coefficient (Wildman–Crippen LogP) is 2.00. The average molecular weight is 262 g/mol. The number of morpholine rings is 1. The number of rotatable bonds is 2. The Labute approximate surface area is 102 Å². The molecule has 1 fully saturated rings. The van der Waals surface area contributed by atoms with E-state index < -0.39 is 6.36 Å². The monoisotopic (exact) mass is 262 g/mol. The van der Waals surface area contributed by atoms with Gasteiger partial charge in [-0.3, -0.25) is 0 Å². The van der Waals surface area contributed by atoms with Gasteiger partial charge in [0.15, 0.2) is 5.75 Å². The summed E-state index contributed by atoms with van der Waals surface area (Å²) in [6.07, 6.45) is -4.73. The van der Waals surface area contributed by atoms with Crippen LogP contribution in [0.1, 0.15) is 0 Å². The van der Waals surface area contributed by atoms with E-state index in [0.717, 1.165) is 0 Å². The first kappa shape index (κ1) is 12.8. The molecule has 0 amide bonds. The number of hydrogen-bond donors (Lipinski definition) is 1. The van der Waals surface area contributed by atoms with E-state index in [2.05, 4.69) is 4.74 Å². The number of nitrogens with zero attached hydrogens (tertiary/aromatic N) is 1. The van der Waals surface area contributed by atoms with Crippen molar-refractivity contribution in [2.45, 2.75) is 6.36 Å². The van der Waals surface area contributed by atoms with Gasteiger partial charge in [0.1, 0.15) is 0 Å². The molecular formula is C11H13F3N2O2. The summed E-state index contributed by atoms with van der Waals surface area (Å²) in [5.74, 6) is -0.274. The highest BCUT2D eigenvalue weighted by Crippen LogP contribution is 2.34. The standard InChI is InChI=1S/C11H13F3N2O2/c12-11(13,14)18-10-7-8(15)1-2-9(10)16-3-5-17-6-4-16/h1-2,7H,3-6,15H2. The van der Waals surface area contributed by atoms with Gasteiger partial charge in [-0.15, -0.1) is 13.2 Å². The number of ether oxygens (including phenoxy) is 2. The molecule has 1 saturated heterocycles. The molecule has 2 rings (SSSR count). The van der Waals surface area contributed by atoms with Crippen molar-refractivity contribution in [1.82, 2.24) is 0 Å². The zero-order valence-corrected chi connectivity index (χ0v) is 9.54. The van der Waals surface area contributed by atoms with Crippen molar-refractivity contribution in [2.75, 3.05) is 36.9 Å². The van der Waals surface area contributed by atoms with E-state index in [1.807, 2.05) is 0 Å². The van der Waals surface area contributed by atoms with Gasteiger partial charge in [-0.2, -0.15) is 0 Å². The fourth-order valence-electron chi connectivity index (χ4n) is 1.80. The van der Waals surface area contributed by atoms with Crippen LogP contribution < -0.4 is 15.4 Å². The first-order valence-electron chi connectivity index (χ1n) is 5.44. The molecule has 0 saturated carbocycles. The molecule has 100 valence electrons. The fourth-order valence-corrected chi connectivity index (χ4v) is 1.80. The highest BCUT2D eigenvalue weighted by atomic mass is 19.4. The number of nitrogen functional groups attached to an aromatic ring is 1. The third-order valence-corrected chi connectivity index (χ3v) is 2.56. The second-order valence-electron chi connectivity index (χ2n) is 3.87. The van der Waals surface area contributed by atoms with Crippen LogP contribution in [0.2, 0.25) is 0 Å². The molecule has 18 heavy (non-hydrogen) atoms. The molecule has 1 aromatic carbocycles. The molecule has 1 aliphatic heterocycles. The van der Waals surface area contributed by atoms with Crippen LogP contribution in [-0.2, 0) is 4.74 Å². The second kappa shape index (κ2) is 4.93. The number of anilines is 2. The molecule has 0 aromatic heterocycles. The number of benzene rings is 1. The van der Waals surface area contributed by atoms with Crippen molar-refractivity contribution in [1.29, 1.82) is 0 Å². The molecule has 0 bridgehead atoms. The van der Waals surface area contributed by atoms with Crippen molar-refractivity contribution in [3.8, 4) is 5.75 Å². The summed E-state index contributed by atoms with van der Waals surface area (Å²) in [6, 6.07) is 4.26. The highest BCUT2D eigenvalue weighted by Gasteiger charge is 2.33. The van der Waals surface area contributed by atoms with Gasteiger partial charge < -0.3 is 20.1 Å². The summed E-state index contributed by atoms with van der Waals surface area (Å²) in [5.41, 5.74) is 6.09. The largest absolute Gasteiger partial charge is 0.573 e. The molecular weight excluding hydrogens is 249 g/mol. The van der Waals surface area contributed by atoms with Crippen molar-refractivity contribution in [2.24, 2.45) is 0 Å². The summed E-state index contributed by atoms with van der Waals surface area (Å²) in [4.78, 5) is 1.78. The Morgan fingerprint density at radius 1 is 1.22 bits per heavy atom. The third-order valence-electron chi connectivity index (χ3n) is 2.56. The minimum atomic E-state index is -4.73. The van der Waals surface area contributed by atoms with E-state index in [4.69, 9.17) is 10.5 Å². The van der Waals surface area contributed by atoms with Crippen molar-refractivity contribution in [3.05, 3.63) is 18.2 Å². The van der Waals surface area contributed by atoms with Gasteiger partial charge in [-0.1, -0.05) is 0 Å². The predicted molar refractivity (Wildman–Crippen MR) is 60.6 cm³/mol. The zero-order chi connectivity index (χ0) is 13.2. The Bertz CT molecular complexity index is 417. The van der Waals surface area contributed by atoms with Crippen LogP contribution in [0.25, 0.3) is 0 Å². The molecule has 1 aromatic rings. The summed E-state index contributed by atoms with van der Waals surface area (Å²) in [7, 11) is 0. The summed E-state index contributed by atoms with van der Waals surface area (Å²) < 4.78 is 46.1. The highest BCUT2D eigenvalue weighted by molar-refractivity contribution is 5.64. The van der Waals surface area contributed by atoms with E-state index in [1.54, 1.807) is 11.0 Å². The lowest BCUT2D eigenvalue weighted by Gasteiger charge is -2.30. The van der Waals surface area contributed by atoms with Crippen LogP contribution in [0.3, 0.4) is 0 Å². The van der Waals surface area contributed by atoms with Gasteiger partial charge in [-0.05, 0) is 12.1 Å². The Balaban J connectivity index is 2.27. The normalized spacial score (nSPS) is 16.7. The topological polar surface area (TPSA) is 47.7 Å². The minimum absolute atomic E-state index is 0.228. The van der Waals surface area contributed by atoms with Crippen LogP contribution >= 0.6 is 0 Å². The lowest BCUT2D eigenvalue weighted by Crippen LogP contribution is -2.36. The summed E-state index contributed by atoms with van der Waals surface area (Å²) in [5, 5.41) is 0. The fraction of sp³-hybridized carbons (Fsp3) is 0.455. The number of halogens is 3. The lowest BCUT2D eigenvalue weighted by atomic mass is 10.2. The smallest absolute Gasteiger partial charge is 0.403 e. The average Bonchev–Trinajstić information content (AvgIpc) is 2.28. The Kier molecular flexibility index (Phi) is 3.51. The molecule has 1 aliphatic rings. The quantitative estimate of drug-likeness (QED) is 0.828. The SMILES string of the molecule is Nc1ccc(N2CCOCC2)c(OC(F)(F)F)c1. The van der Waals surface area contributed by atoms with Crippen LogP contribution in [0.15, 0.2) is 18.2 Å². The molecule has 0 aliphatic carbocycles. The number of hydrogen-bond acceptors (Lipinski definition) is 4. The van der Waals surface area contributed by atoms with Crippen molar-refractivity contribution < 1.29 is 22.6 Å². The minimum Gasteiger partial charge on any atom is -0.403 e. The maximum Gasteiger partial charge on any atom is 0.573 e. The van der Waals surface area contributed by atoms with E-state index in [-0.39, 0.29) is 11.4 Å². The lowest BCUT2D eigenvalue weighted by molar-refractivity contribution is -0.274. The van der Waals surface area contributed by atoms with Crippen LogP contribution in [-0.4, -0.2) is 32.7 Å². The molecule has 0 radical (unpaired) electrons. The summed E-state index contributed by atoms with van der Waals surface area (Å²) in [6.45, 7) is 2.02. The molecule has 0 spiro atoms. The Morgan fingerprint density at radius 3 is 2.50 bits per heavy atom. The third kappa shape index (κ3) is 3.19. The van der Waals surface area contributed by atoms with Gasteiger partial charge in [0, 0.05) is 24.8 Å². The van der Waals surface area contributed by atoms with Crippen molar-refractivity contribution in [3.63, 3.8) is 0 Å². The summed E-state index contributed by atoms with van der Waals surface area (Å²) >= 11 is 0. The van der Waals surface area contributed by atoms with Gasteiger partial charge in [0.2, 0.25) is 0 Å². The van der Waals surface area contributed by atoms with E-state index >= 15 is 0 Å². The molecule has 0 atom stereocenters. The van der Waals surface area contributed by atoms with E-state index in [1.165, 1.54) is 12.1 Å². The molecule has 7 heteroatoms. The van der Waals surface area contributed by atoms with Gasteiger partial charge in [0.05, 0.1) is 18.9 Å². The zero-order valence-electron chi connectivity index (χ0n) is 9.54. The molecule has 2 N–H and O–H groups in total. The van der Waals surface area contributed by atoms with Crippen molar-refractivity contribution >= 4 is 11.4 Å². The van der Waals surface area contributed by atoms with Crippen LogP contribution in [0.5, 0.6) is 5.75 Å².